The van der Waals surface area contributed by atoms with Crippen molar-refractivity contribution in [1.29, 1.82) is 0 Å². The topological polar surface area (TPSA) is 61.4 Å². The normalized spacial score (nSPS) is 16.0. The summed E-state index contributed by atoms with van der Waals surface area (Å²) in [4.78, 5) is 23.6. The van der Waals surface area contributed by atoms with Gasteiger partial charge in [-0.15, -0.1) is 0 Å². The van der Waals surface area contributed by atoms with Crippen LogP contribution in [0.1, 0.15) is 18.5 Å². The molecule has 0 bridgehead atoms. The molecule has 1 aromatic carbocycles. The highest BCUT2D eigenvalue weighted by molar-refractivity contribution is 5.49. The maximum Gasteiger partial charge on any atom is 0.227 e. The number of carbonyl (C=O) groups excluding carboxylic acids is 1. The number of hydrogen-bond acceptors (Lipinski definition) is 5. The Labute approximate surface area is 136 Å². The van der Waals surface area contributed by atoms with Crippen molar-refractivity contribution >= 4 is 18.2 Å². The van der Waals surface area contributed by atoms with Crippen LogP contribution in [0.5, 0.6) is 0 Å². The first-order valence-electron chi connectivity index (χ1n) is 7.85. The fourth-order valence-electron chi connectivity index (χ4n) is 2.66. The van der Waals surface area contributed by atoms with Gasteiger partial charge in [-0.2, -0.15) is 4.98 Å². The van der Waals surface area contributed by atoms with Crippen molar-refractivity contribution in [1.82, 2.24) is 14.9 Å². The van der Waals surface area contributed by atoms with Gasteiger partial charge >= 0.3 is 0 Å². The van der Waals surface area contributed by atoms with Crippen LogP contribution in [0.3, 0.4) is 0 Å². The second-order valence-electron chi connectivity index (χ2n) is 5.65. The number of nitrogens with zero attached hydrogens (tertiary/aromatic N) is 4. The number of piperazine rings is 1. The predicted octanol–water partition coefficient (Wildman–Crippen LogP) is 1.93. The first-order chi connectivity index (χ1) is 11.3. The van der Waals surface area contributed by atoms with Crippen LogP contribution < -0.4 is 10.2 Å². The third-order valence-corrected chi connectivity index (χ3v) is 4.05. The average Bonchev–Trinajstić information content (AvgIpc) is 2.63. The fourth-order valence-corrected chi connectivity index (χ4v) is 2.66. The van der Waals surface area contributed by atoms with E-state index >= 15 is 0 Å². The number of amides is 1. The summed E-state index contributed by atoms with van der Waals surface area (Å²) >= 11 is 0. The highest BCUT2D eigenvalue weighted by atomic mass is 16.1. The SMILES string of the molecule is CC(Nc1ccnc(N2CCN(C=O)CC2)n1)c1ccccc1. The molecule has 1 aliphatic rings. The Bertz CT molecular complexity index is 640. The quantitative estimate of drug-likeness (QED) is 0.855. The minimum absolute atomic E-state index is 0.172. The highest BCUT2D eigenvalue weighted by Crippen LogP contribution is 2.19. The van der Waals surface area contributed by atoms with E-state index in [1.54, 1.807) is 11.1 Å². The minimum atomic E-state index is 0.172. The summed E-state index contributed by atoms with van der Waals surface area (Å²) in [6.07, 6.45) is 2.67. The Hall–Kier alpha value is -2.63. The van der Waals surface area contributed by atoms with Crippen LogP contribution in [0.15, 0.2) is 42.6 Å². The van der Waals surface area contributed by atoms with Crippen molar-refractivity contribution in [2.24, 2.45) is 0 Å². The zero-order chi connectivity index (χ0) is 16.1. The molecular formula is C17H21N5O. The van der Waals surface area contributed by atoms with Gasteiger partial charge in [0, 0.05) is 38.4 Å². The number of anilines is 2. The largest absolute Gasteiger partial charge is 0.363 e. The number of rotatable bonds is 5. The summed E-state index contributed by atoms with van der Waals surface area (Å²) in [5.74, 6) is 1.52. The Morgan fingerprint density at radius 3 is 2.57 bits per heavy atom. The molecule has 3 rings (SSSR count). The molecule has 120 valence electrons. The molecule has 1 saturated heterocycles. The van der Waals surface area contributed by atoms with Crippen molar-refractivity contribution in [2.75, 3.05) is 36.4 Å². The third kappa shape index (κ3) is 3.77. The van der Waals surface area contributed by atoms with Crippen molar-refractivity contribution in [3.63, 3.8) is 0 Å². The van der Waals surface area contributed by atoms with Crippen LogP contribution in [0.4, 0.5) is 11.8 Å². The lowest BCUT2D eigenvalue weighted by molar-refractivity contribution is -0.118. The van der Waals surface area contributed by atoms with E-state index in [-0.39, 0.29) is 6.04 Å². The zero-order valence-electron chi connectivity index (χ0n) is 13.2. The molecule has 23 heavy (non-hydrogen) atoms. The molecule has 0 aliphatic carbocycles. The maximum atomic E-state index is 10.8. The molecule has 0 saturated carbocycles. The second-order valence-corrected chi connectivity index (χ2v) is 5.65. The van der Waals surface area contributed by atoms with Crippen LogP contribution in [0.25, 0.3) is 0 Å². The molecule has 1 unspecified atom stereocenters. The molecule has 1 amide bonds. The minimum Gasteiger partial charge on any atom is -0.363 e. The molecule has 6 nitrogen and oxygen atoms in total. The number of benzene rings is 1. The number of hydrogen-bond donors (Lipinski definition) is 1. The number of aromatic nitrogens is 2. The van der Waals surface area contributed by atoms with E-state index in [2.05, 4.69) is 39.2 Å². The van der Waals surface area contributed by atoms with Crippen molar-refractivity contribution in [2.45, 2.75) is 13.0 Å². The van der Waals surface area contributed by atoms with Gasteiger partial charge in [0.15, 0.2) is 0 Å². The standard InChI is InChI=1S/C17H21N5O/c1-14(15-5-3-2-4-6-15)19-16-7-8-18-17(20-16)22-11-9-21(13-23)10-12-22/h2-8,13-14H,9-12H2,1H3,(H,18,19,20). The molecule has 0 spiro atoms. The summed E-state index contributed by atoms with van der Waals surface area (Å²) in [6, 6.07) is 12.3. The lowest BCUT2D eigenvalue weighted by atomic mass is 10.1. The predicted molar refractivity (Wildman–Crippen MR) is 90.4 cm³/mol. The van der Waals surface area contributed by atoms with Crippen LogP contribution >= 0.6 is 0 Å². The third-order valence-electron chi connectivity index (χ3n) is 4.05. The molecule has 0 radical (unpaired) electrons. The van der Waals surface area contributed by atoms with Crippen LogP contribution in [0.2, 0.25) is 0 Å². The summed E-state index contributed by atoms with van der Waals surface area (Å²) < 4.78 is 0. The van der Waals surface area contributed by atoms with E-state index in [4.69, 9.17) is 0 Å². The van der Waals surface area contributed by atoms with Crippen LogP contribution in [-0.2, 0) is 4.79 Å². The van der Waals surface area contributed by atoms with Gasteiger partial charge < -0.3 is 15.1 Å². The molecule has 1 aromatic heterocycles. The molecular weight excluding hydrogens is 290 g/mol. The van der Waals surface area contributed by atoms with Gasteiger partial charge in [0.05, 0.1) is 0 Å². The van der Waals surface area contributed by atoms with Gasteiger partial charge in [0.1, 0.15) is 5.82 Å². The van der Waals surface area contributed by atoms with Gasteiger partial charge in [0.2, 0.25) is 12.4 Å². The lowest BCUT2D eigenvalue weighted by Crippen LogP contribution is -2.46. The first-order valence-corrected chi connectivity index (χ1v) is 7.85. The van der Waals surface area contributed by atoms with E-state index in [0.29, 0.717) is 19.0 Å². The molecule has 1 atom stereocenters. The molecule has 2 heterocycles. The highest BCUT2D eigenvalue weighted by Gasteiger charge is 2.18. The van der Waals surface area contributed by atoms with E-state index in [1.807, 2.05) is 24.3 Å². The van der Waals surface area contributed by atoms with Crippen molar-refractivity contribution in [3.05, 3.63) is 48.2 Å². The molecule has 1 fully saturated rings. The smallest absolute Gasteiger partial charge is 0.227 e. The van der Waals surface area contributed by atoms with E-state index < -0.39 is 0 Å². The molecule has 1 aliphatic heterocycles. The van der Waals surface area contributed by atoms with Gasteiger partial charge in [-0.05, 0) is 18.6 Å². The Kier molecular flexibility index (Phi) is 4.71. The summed E-state index contributed by atoms with van der Waals surface area (Å²) in [5, 5.41) is 3.41. The molecule has 2 aromatic rings. The molecule has 1 N–H and O–H groups in total. The van der Waals surface area contributed by atoms with Crippen LogP contribution in [0, 0.1) is 0 Å². The Morgan fingerprint density at radius 1 is 1.13 bits per heavy atom. The second kappa shape index (κ2) is 7.09. The first kappa shape index (κ1) is 15.3. The van der Waals surface area contributed by atoms with Crippen molar-refractivity contribution < 1.29 is 4.79 Å². The van der Waals surface area contributed by atoms with Gasteiger partial charge in [0.25, 0.3) is 0 Å². The Balaban J connectivity index is 1.67. The van der Waals surface area contributed by atoms with Gasteiger partial charge in [-0.25, -0.2) is 4.98 Å². The molecule has 6 heteroatoms. The van der Waals surface area contributed by atoms with Crippen LogP contribution in [-0.4, -0.2) is 47.5 Å². The lowest BCUT2D eigenvalue weighted by Gasteiger charge is -2.32. The summed E-state index contributed by atoms with van der Waals surface area (Å²) in [5.41, 5.74) is 1.22. The Morgan fingerprint density at radius 2 is 1.87 bits per heavy atom. The fraction of sp³-hybridized carbons (Fsp3) is 0.353. The monoisotopic (exact) mass is 311 g/mol. The number of carbonyl (C=O) groups is 1. The van der Waals surface area contributed by atoms with Gasteiger partial charge in [-0.3, -0.25) is 4.79 Å². The van der Waals surface area contributed by atoms with E-state index in [1.165, 1.54) is 5.56 Å². The number of nitrogens with one attached hydrogen (secondary N) is 1. The van der Waals surface area contributed by atoms with Gasteiger partial charge in [-0.1, -0.05) is 30.3 Å². The van der Waals surface area contributed by atoms with E-state index in [0.717, 1.165) is 25.3 Å². The summed E-state index contributed by atoms with van der Waals surface area (Å²) in [7, 11) is 0. The van der Waals surface area contributed by atoms with Crippen molar-refractivity contribution in [3.8, 4) is 0 Å². The summed E-state index contributed by atoms with van der Waals surface area (Å²) in [6.45, 7) is 5.06. The average molecular weight is 311 g/mol. The van der Waals surface area contributed by atoms with E-state index in [9.17, 15) is 4.79 Å². The maximum absolute atomic E-state index is 10.8. The zero-order valence-corrected chi connectivity index (χ0v) is 13.2.